The normalized spacial score (nSPS) is 26.9. The van der Waals surface area contributed by atoms with Crippen molar-refractivity contribution in [3.8, 4) is 0 Å². The molecular weight excluding hydrogens is 234 g/mol. The van der Waals surface area contributed by atoms with Crippen molar-refractivity contribution in [2.24, 2.45) is 0 Å². The summed E-state index contributed by atoms with van der Waals surface area (Å²) >= 11 is 5.92. The molecule has 1 amide bonds. The summed E-state index contributed by atoms with van der Waals surface area (Å²) in [6.07, 6.45) is 1.48. The van der Waals surface area contributed by atoms with Gasteiger partial charge in [-0.25, -0.2) is 0 Å². The Morgan fingerprint density at radius 1 is 1.29 bits per heavy atom. The number of hydrogen-bond donors (Lipinski definition) is 1. The second-order valence-electron chi connectivity index (χ2n) is 5.29. The Morgan fingerprint density at radius 2 is 1.88 bits per heavy atom. The molecule has 1 heterocycles. The van der Waals surface area contributed by atoms with Crippen LogP contribution in [0.25, 0.3) is 0 Å². The zero-order chi connectivity index (χ0) is 12.7. The SMILES string of the molecule is CCC1(c2ccc(Cl)cc2)CC(=O)NC1(C)C. The maximum atomic E-state index is 11.7. The molecule has 0 radical (unpaired) electrons. The fourth-order valence-corrected chi connectivity index (χ4v) is 3.14. The van der Waals surface area contributed by atoms with E-state index in [9.17, 15) is 4.79 Å². The van der Waals surface area contributed by atoms with E-state index >= 15 is 0 Å². The van der Waals surface area contributed by atoms with E-state index in [2.05, 4.69) is 26.1 Å². The molecule has 1 aromatic rings. The topological polar surface area (TPSA) is 29.1 Å². The molecule has 17 heavy (non-hydrogen) atoms. The molecule has 3 heteroatoms. The first-order valence-electron chi connectivity index (χ1n) is 5.98. The Morgan fingerprint density at radius 3 is 2.29 bits per heavy atom. The minimum Gasteiger partial charge on any atom is -0.350 e. The molecule has 1 atom stereocenters. The van der Waals surface area contributed by atoms with Crippen LogP contribution >= 0.6 is 11.6 Å². The number of benzene rings is 1. The first kappa shape index (κ1) is 12.4. The lowest BCUT2D eigenvalue weighted by atomic mass is 9.66. The van der Waals surface area contributed by atoms with Crippen LogP contribution in [0.3, 0.4) is 0 Å². The third-order valence-corrected chi connectivity index (χ3v) is 4.36. The average molecular weight is 252 g/mol. The molecular formula is C14H18ClNO. The highest BCUT2D eigenvalue weighted by Gasteiger charge is 2.52. The third kappa shape index (κ3) is 1.85. The van der Waals surface area contributed by atoms with Gasteiger partial charge in [-0.3, -0.25) is 4.79 Å². The number of rotatable bonds is 2. The van der Waals surface area contributed by atoms with Crippen LogP contribution < -0.4 is 5.32 Å². The lowest BCUT2D eigenvalue weighted by Gasteiger charge is -2.40. The highest BCUT2D eigenvalue weighted by Crippen LogP contribution is 2.45. The van der Waals surface area contributed by atoms with Gasteiger partial charge in [0.15, 0.2) is 0 Å². The van der Waals surface area contributed by atoms with Crippen LogP contribution in [0.15, 0.2) is 24.3 Å². The zero-order valence-corrected chi connectivity index (χ0v) is 11.3. The van der Waals surface area contributed by atoms with Crippen LogP contribution in [0.5, 0.6) is 0 Å². The minimum absolute atomic E-state index is 0.130. The molecule has 0 aromatic heterocycles. The van der Waals surface area contributed by atoms with Gasteiger partial charge in [0.1, 0.15) is 0 Å². The van der Waals surface area contributed by atoms with Crippen molar-refractivity contribution in [3.63, 3.8) is 0 Å². The standard InChI is InChI=1S/C14H18ClNO/c1-4-14(9-12(17)16-13(14,2)3)10-5-7-11(15)8-6-10/h5-8H,4,9H2,1-3H3,(H,16,17). The van der Waals surface area contributed by atoms with Crippen molar-refractivity contribution in [2.45, 2.75) is 44.6 Å². The Hall–Kier alpha value is -1.02. The van der Waals surface area contributed by atoms with Gasteiger partial charge in [0.05, 0.1) is 0 Å². The van der Waals surface area contributed by atoms with Crippen molar-refractivity contribution >= 4 is 17.5 Å². The Labute approximate surface area is 107 Å². The molecule has 1 aliphatic heterocycles. The molecule has 1 saturated heterocycles. The van der Waals surface area contributed by atoms with E-state index in [-0.39, 0.29) is 16.9 Å². The summed E-state index contributed by atoms with van der Waals surface area (Å²) in [5, 5.41) is 3.81. The summed E-state index contributed by atoms with van der Waals surface area (Å²) in [6.45, 7) is 6.32. The van der Waals surface area contributed by atoms with Gasteiger partial charge in [0.25, 0.3) is 0 Å². The van der Waals surface area contributed by atoms with Gasteiger partial charge in [0, 0.05) is 22.4 Å². The maximum absolute atomic E-state index is 11.7. The summed E-state index contributed by atoms with van der Waals surface area (Å²) in [5.41, 5.74) is 0.842. The summed E-state index contributed by atoms with van der Waals surface area (Å²) in [7, 11) is 0. The second-order valence-corrected chi connectivity index (χ2v) is 5.73. The monoisotopic (exact) mass is 251 g/mol. The van der Waals surface area contributed by atoms with Crippen molar-refractivity contribution in [2.75, 3.05) is 0 Å². The van der Waals surface area contributed by atoms with Crippen molar-refractivity contribution in [1.29, 1.82) is 0 Å². The summed E-state index contributed by atoms with van der Waals surface area (Å²) in [5.74, 6) is 0.131. The molecule has 1 aromatic carbocycles. The fraction of sp³-hybridized carbons (Fsp3) is 0.500. The van der Waals surface area contributed by atoms with Crippen LogP contribution in [0.1, 0.15) is 39.2 Å². The van der Waals surface area contributed by atoms with E-state index in [0.717, 1.165) is 11.4 Å². The second kappa shape index (κ2) is 4.02. The van der Waals surface area contributed by atoms with Crippen LogP contribution in [0.4, 0.5) is 0 Å². The Kier molecular flexibility index (Phi) is 2.94. The van der Waals surface area contributed by atoms with E-state index in [1.807, 2.05) is 24.3 Å². The van der Waals surface area contributed by atoms with E-state index < -0.39 is 0 Å². The van der Waals surface area contributed by atoms with Gasteiger partial charge < -0.3 is 5.32 Å². The van der Waals surface area contributed by atoms with Gasteiger partial charge >= 0.3 is 0 Å². The fourth-order valence-electron chi connectivity index (χ4n) is 3.01. The minimum atomic E-state index is -0.216. The van der Waals surface area contributed by atoms with Crippen LogP contribution in [0.2, 0.25) is 5.02 Å². The first-order valence-corrected chi connectivity index (χ1v) is 6.36. The molecule has 0 bridgehead atoms. The van der Waals surface area contributed by atoms with Gasteiger partial charge in [0.2, 0.25) is 5.91 Å². The number of carbonyl (C=O) groups is 1. The van der Waals surface area contributed by atoms with E-state index in [4.69, 9.17) is 11.6 Å². The summed E-state index contributed by atoms with van der Waals surface area (Å²) in [6, 6.07) is 7.86. The largest absolute Gasteiger partial charge is 0.350 e. The number of nitrogens with one attached hydrogen (secondary N) is 1. The highest BCUT2D eigenvalue weighted by molar-refractivity contribution is 6.30. The number of carbonyl (C=O) groups excluding carboxylic acids is 1. The zero-order valence-electron chi connectivity index (χ0n) is 10.5. The molecule has 92 valence electrons. The quantitative estimate of drug-likeness (QED) is 0.859. The molecule has 2 nitrogen and oxygen atoms in total. The number of halogens is 1. The van der Waals surface area contributed by atoms with Crippen LogP contribution in [-0.4, -0.2) is 11.4 Å². The maximum Gasteiger partial charge on any atom is 0.221 e. The highest BCUT2D eigenvalue weighted by atomic mass is 35.5. The molecule has 0 spiro atoms. The molecule has 1 unspecified atom stereocenters. The Balaban J connectivity index is 2.51. The lowest BCUT2D eigenvalue weighted by molar-refractivity contribution is -0.119. The molecule has 2 rings (SSSR count). The van der Waals surface area contributed by atoms with Crippen molar-refractivity contribution in [3.05, 3.63) is 34.9 Å². The summed E-state index contributed by atoms with van der Waals surface area (Å²) in [4.78, 5) is 11.7. The first-order chi connectivity index (χ1) is 7.91. The average Bonchev–Trinajstić information content (AvgIpc) is 2.49. The molecule has 0 aliphatic carbocycles. The van der Waals surface area contributed by atoms with Gasteiger partial charge in [-0.05, 0) is 38.0 Å². The third-order valence-electron chi connectivity index (χ3n) is 4.11. The smallest absolute Gasteiger partial charge is 0.221 e. The summed E-state index contributed by atoms with van der Waals surface area (Å²) < 4.78 is 0. The van der Waals surface area contributed by atoms with E-state index in [1.165, 1.54) is 5.56 Å². The van der Waals surface area contributed by atoms with Gasteiger partial charge in [-0.1, -0.05) is 30.7 Å². The van der Waals surface area contributed by atoms with Crippen LogP contribution in [0, 0.1) is 0 Å². The van der Waals surface area contributed by atoms with E-state index in [0.29, 0.717) is 6.42 Å². The molecule has 1 aliphatic rings. The number of amides is 1. The Bertz CT molecular complexity index is 438. The van der Waals surface area contributed by atoms with E-state index in [1.54, 1.807) is 0 Å². The number of hydrogen-bond acceptors (Lipinski definition) is 1. The predicted molar refractivity (Wildman–Crippen MR) is 70.3 cm³/mol. The van der Waals surface area contributed by atoms with Gasteiger partial charge in [-0.15, -0.1) is 0 Å². The van der Waals surface area contributed by atoms with Crippen molar-refractivity contribution in [1.82, 2.24) is 5.32 Å². The lowest BCUT2D eigenvalue weighted by Crippen LogP contribution is -2.49. The molecule has 0 saturated carbocycles. The molecule has 1 fully saturated rings. The van der Waals surface area contributed by atoms with Gasteiger partial charge in [-0.2, -0.15) is 0 Å². The van der Waals surface area contributed by atoms with Crippen molar-refractivity contribution < 1.29 is 4.79 Å². The van der Waals surface area contributed by atoms with Crippen LogP contribution in [-0.2, 0) is 10.2 Å². The molecule has 1 N–H and O–H groups in total. The predicted octanol–water partition coefficient (Wildman–Crippen LogP) is 3.29.